The molecule has 0 bridgehead atoms. The summed E-state index contributed by atoms with van der Waals surface area (Å²) >= 11 is 0. The SMILES string of the molecule is CO/N=C(/C)c1ccc(OC/C=C/CO)cc1. The topological polar surface area (TPSA) is 51.0 Å². The van der Waals surface area contributed by atoms with E-state index in [9.17, 15) is 0 Å². The van der Waals surface area contributed by atoms with Crippen molar-refractivity contribution in [3.8, 4) is 5.75 Å². The lowest BCUT2D eigenvalue weighted by atomic mass is 10.1. The Bertz CT molecular complexity index is 382. The van der Waals surface area contributed by atoms with Crippen LogP contribution in [0.4, 0.5) is 0 Å². The molecule has 0 radical (unpaired) electrons. The molecule has 4 nitrogen and oxygen atoms in total. The van der Waals surface area contributed by atoms with Crippen molar-refractivity contribution in [2.45, 2.75) is 6.92 Å². The van der Waals surface area contributed by atoms with Gasteiger partial charge in [0.05, 0.1) is 12.3 Å². The summed E-state index contributed by atoms with van der Waals surface area (Å²) < 4.78 is 5.43. The average Bonchev–Trinajstić information content (AvgIpc) is 2.36. The molecular formula is C13H17NO3. The van der Waals surface area contributed by atoms with Gasteiger partial charge in [0.2, 0.25) is 0 Å². The summed E-state index contributed by atoms with van der Waals surface area (Å²) in [6, 6.07) is 7.58. The lowest BCUT2D eigenvalue weighted by molar-refractivity contribution is 0.213. The molecule has 0 saturated heterocycles. The van der Waals surface area contributed by atoms with Crippen LogP contribution in [-0.2, 0) is 4.84 Å². The van der Waals surface area contributed by atoms with Crippen molar-refractivity contribution in [3.05, 3.63) is 42.0 Å². The van der Waals surface area contributed by atoms with Crippen LogP contribution in [0.15, 0.2) is 41.6 Å². The Morgan fingerprint density at radius 1 is 1.29 bits per heavy atom. The molecule has 1 rings (SSSR count). The zero-order chi connectivity index (χ0) is 12.5. The van der Waals surface area contributed by atoms with Gasteiger partial charge < -0.3 is 14.7 Å². The highest BCUT2D eigenvalue weighted by Gasteiger charge is 1.98. The van der Waals surface area contributed by atoms with Gasteiger partial charge in [0.1, 0.15) is 19.5 Å². The third kappa shape index (κ3) is 4.70. The van der Waals surface area contributed by atoms with Crippen LogP contribution in [0.1, 0.15) is 12.5 Å². The minimum atomic E-state index is 0.0367. The van der Waals surface area contributed by atoms with Gasteiger partial charge in [-0.2, -0.15) is 0 Å². The Labute approximate surface area is 101 Å². The van der Waals surface area contributed by atoms with E-state index >= 15 is 0 Å². The molecule has 0 heterocycles. The maximum Gasteiger partial charge on any atom is 0.119 e. The average molecular weight is 235 g/mol. The highest BCUT2D eigenvalue weighted by molar-refractivity contribution is 5.98. The standard InChI is InChI=1S/C13H17NO3/c1-11(14-16-2)12-5-7-13(8-6-12)17-10-4-3-9-15/h3-8,15H,9-10H2,1-2H3/b4-3+,14-11-. The summed E-state index contributed by atoms with van der Waals surface area (Å²) in [6.45, 7) is 2.36. The van der Waals surface area contributed by atoms with Gasteiger partial charge in [0.25, 0.3) is 0 Å². The van der Waals surface area contributed by atoms with E-state index in [2.05, 4.69) is 5.16 Å². The summed E-state index contributed by atoms with van der Waals surface area (Å²) in [5, 5.41) is 12.4. The first-order chi connectivity index (χ1) is 8.27. The predicted molar refractivity (Wildman–Crippen MR) is 67.4 cm³/mol. The van der Waals surface area contributed by atoms with Gasteiger partial charge in [-0.05, 0) is 42.8 Å². The van der Waals surface area contributed by atoms with Crippen molar-refractivity contribution < 1.29 is 14.7 Å². The number of ether oxygens (including phenoxy) is 1. The summed E-state index contributed by atoms with van der Waals surface area (Å²) in [4.78, 5) is 4.70. The smallest absolute Gasteiger partial charge is 0.119 e. The number of benzene rings is 1. The van der Waals surface area contributed by atoms with Gasteiger partial charge in [-0.15, -0.1) is 0 Å². The molecule has 4 heteroatoms. The molecule has 1 aromatic carbocycles. The molecule has 0 aliphatic heterocycles. The van der Waals surface area contributed by atoms with E-state index in [0.717, 1.165) is 17.0 Å². The second-order valence-corrected chi connectivity index (χ2v) is 3.35. The number of aliphatic hydroxyl groups excluding tert-OH is 1. The first kappa shape index (κ1) is 13.3. The monoisotopic (exact) mass is 235 g/mol. The van der Waals surface area contributed by atoms with Crippen molar-refractivity contribution in [2.24, 2.45) is 5.16 Å². The highest BCUT2D eigenvalue weighted by Crippen LogP contribution is 2.12. The van der Waals surface area contributed by atoms with Gasteiger partial charge in [0.15, 0.2) is 0 Å². The normalized spacial score (nSPS) is 11.8. The van der Waals surface area contributed by atoms with Crippen LogP contribution >= 0.6 is 0 Å². The van der Waals surface area contributed by atoms with E-state index in [1.807, 2.05) is 31.2 Å². The highest BCUT2D eigenvalue weighted by atomic mass is 16.6. The molecule has 0 atom stereocenters. The molecule has 17 heavy (non-hydrogen) atoms. The van der Waals surface area contributed by atoms with Gasteiger partial charge in [0, 0.05) is 0 Å². The van der Waals surface area contributed by atoms with Crippen LogP contribution in [0.2, 0.25) is 0 Å². The number of oxime groups is 1. The number of aliphatic hydroxyl groups is 1. The fourth-order valence-corrected chi connectivity index (χ4v) is 1.27. The Hall–Kier alpha value is -1.81. The Balaban J connectivity index is 2.56. The molecule has 1 N–H and O–H groups in total. The summed E-state index contributed by atoms with van der Waals surface area (Å²) in [5.41, 5.74) is 1.81. The second kappa shape index (κ2) is 7.46. The number of rotatable bonds is 6. The van der Waals surface area contributed by atoms with E-state index in [1.165, 1.54) is 7.11 Å². The fraction of sp³-hybridized carbons (Fsp3) is 0.308. The summed E-state index contributed by atoms with van der Waals surface area (Å²) in [7, 11) is 1.52. The minimum absolute atomic E-state index is 0.0367. The quantitative estimate of drug-likeness (QED) is 0.466. The number of nitrogens with zero attached hydrogens (tertiary/aromatic N) is 1. The molecule has 0 amide bonds. The van der Waals surface area contributed by atoms with Gasteiger partial charge >= 0.3 is 0 Å². The molecule has 0 aliphatic rings. The molecule has 0 unspecified atom stereocenters. The lowest BCUT2D eigenvalue weighted by Crippen LogP contribution is -1.97. The summed E-state index contributed by atoms with van der Waals surface area (Å²) in [5.74, 6) is 0.779. The maximum atomic E-state index is 8.54. The molecule has 0 aliphatic carbocycles. The van der Waals surface area contributed by atoms with Crippen LogP contribution in [0.25, 0.3) is 0 Å². The van der Waals surface area contributed by atoms with Crippen LogP contribution in [0.3, 0.4) is 0 Å². The second-order valence-electron chi connectivity index (χ2n) is 3.35. The zero-order valence-corrected chi connectivity index (χ0v) is 10.1. The third-order valence-electron chi connectivity index (χ3n) is 2.12. The number of hydrogen-bond donors (Lipinski definition) is 1. The van der Waals surface area contributed by atoms with Crippen LogP contribution in [-0.4, -0.2) is 31.1 Å². The van der Waals surface area contributed by atoms with E-state index < -0.39 is 0 Å². The first-order valence-electron chi connectivity index (χ1n) is 5.34. The van der Waals surface area contributed by atoms with E-state index in [1.54, 1.807) is 12.2 Å². The van der Waals surface area contributed by atoms with Crippen molar-refractivity contribution in [3.63, 3.8) is 0 Å². The molecule has 0 spiro atoms. The Morgan fingerprint density at radius 2 is 2.00 bits per heavy atom. The predicted octanol–water partition coefficient (Wildman–Crippen LogP) is 1.98. The molecule has 92 valence electrons. The minimum Gasteiger partial charge on any atom is -0.490 e. The number of hydrogen-bond acceptors (Lipinski definition) is 4. The van der Waals surface area contributed by atoms with Gasteiger partial charge in [-0.25, -0.2) is 0 Å². The molecule has 0 saturated carbocycles. The van der Waals surface area contributed by atoms with E-state index in [-0.39, 0.29) is 6.61 Å². The van der Waals surface area contributed by atoms with Crippen LogP contribution < -0.4 is 4.74 Å². The summed E-state index contributed by atoms with van der Waals surface area (Å²) in [6.07, 6.45) is 3.41. The zero-order valence-electron chi connectivity index (χ0n) is 10.1. The first-order valence-corrected chi connectivity index (χ1v) is 5.34. The fourth-order valence-electron chi connectivity index (χ4n) is 1.27. The van der Waals surface area contributed by atoms with Crippen LogP contribution in [0, 0.1) is 0 Å². The Kier molecular flexibility index (Phi) is 5.82. The lowest BCUT2D eigenvalue weighted by Gasteiger charge is -2.04. The van der Waals surface area contributed by atoms with E-state index in [4.69, 9.17) is 14.7 Å². The largest absolute Gasteiger partial charge is 0.490 e. The van der Waals surface area contributed by atoms with Gasteiger partial charge in [-0.3, -0.25) is 0 Å². The molecule has 0 aromatic heterocycles. The third-order valence-corrected chi connectivity index (χ3v) is 2.12. The maximum absolute atomic E-state index is 8.54. The van der Waals surface area contributed by atoms with Crippen LogP contribution in [0.5, 0.6) is 5.75 Å². The molecule has 1 aromatic rings. The van der Waals surface area contributed by atoms with Crippen molar-refractivity contribution in [1.29, 1.82) is 0 Å². The molecular weight excluding hydrogens is 218 g/mol. The van der Waals surface area contributed by atoms with E-state index in [0.29, 0.717) is 6.61 Å². The van der Waals surface area contributed by atoms with Crippen molar-refractivity contribution in [2.75, 3.05) is 20.3 Å². The molecule has 0 fully saturated rings. The van der Waals surface area contributed by atoms with Crippen molar-refractivity contribution >= 4 is 5.71 Å². The Morgan fingerprint density at radius 3 is 2.59 bits per heavy atom. The van der Waals surface area contributed by atoms with Gasteiger partial charge in [-0.1, -0.05) is 11.2 Å². The van der Waals surface area contributed by atoms with Crippen molar-refractivity contribution in [1.82, 2.24) is 0 Å².